The van der Waals surface area contributed by atoms with Gasteiger partial charge in [-0.05, 0) is 52.5 Å². The molecular formula is C25H46IN5O. The van der Waals surface area contributed by atoms with Crippen LogP contribution >= 0.6 is 24.0 Å². The molecule has 0 atom stereocenters. The van der Waals surface area contributed by atoms with E-state index in [-0.39, 0.29) is 24.0 Å². The average molecular weight is 560 g/mol. The van der Waals surface area contributed by atoms with E-state index in [2.05, 4.69) is 83.5 Å². The van der Waals surface area contributed by atoms with Gasteiger partial charge in [-0.2, -0.15) is 0 Å². The zero-order chi connectivity index (χ0) is 22.5. The highest BCUT2D eigenvalue weighted by molar-refractivity contribution is 14.0. The molecule has 1 aromatic rings. The molecule has 2 rings (SSSR count). The topological polar surface area (TPSA) is 52.1 Å². The molecule has 0 spiro atoms. The first-order valence-corrected chi connectivity index (χ1v) is 12.1. The number of guanidine groups is 1. The third-order valence-electron chi connectivity index (χ3n) is 5.96. The summed E-state index contributed by atoms with van der Waals surface area (Å²) in [6, 6.07) is 11.9. The summed E-state index contributed by atoms with van der Waals surface area (Å²) in [4.78, 5) is 9.35. The van der Waals surface area contributed by atoms with Crippen molar-refractivity contribution in [1.29, 1.82) is 0 Å². The second kappa shape index (κ2) is 16.7. The maximum Gasteiger partial charge on any atom is 0.191 e. The van der Waals surface area contributed by atoms with Crippen molar-refractivity contribution in [2.75, 3.05) is 46.4 Å². The third-order valence-corrected chi connectivity index (χ3v) is 5.96. The number of likely N-dealkylation sites (tertiary alicyclic amines) is 1. The molecule has 0 radical (unpaired) electrons. The second-order valence-corrected chi connectivity index (χ2v) is 9.04. The number of nitrogens with one attached hydrogen (secondary N) is 2. The first-order valence-electron chi connectivity index (χ1n) is 12.1. The molecule has 6 nitrogen and oxygen atoms in total. The van der Waals surface area contributed by atoms with Crippen molar-refractivity contribution in [2.24, 2.45) is 4.99 Å². The number of halogens is 1. The van der Waals surface area contributed by atoms with Gasteiger partial charge < -0.3 is 15.4 Å². The van der Waals surface area contributed by atoms with Crippen molar-refractivity contribution in [1.82, 2.24) is 20.4 Å². The van der Waals surface area contributed by atoms with Crippen LogP contribution in [0.3, 0.4) is 0 Å². The number of nitrogens with zero attached hydrogens (tertiary/aromatic N) is 3. The number of piperidine rings is 1. The van der Waals surface area contributed by atoms with Gasteiger partial charge in [0.15, 0.2) is 5.96 Å². The first-order chi connectivity index (χ1) is 15.0. The number of hydrogen-bond acceptors (Lipinski definition) is 4. The SMILES string of the molecule is CN=C(NCCCOC1CCN(Cc2ccccc2)CC1)NCCN(C(C)C)C(C)C.I. The van der Waals surface area contributed by atoms with E-state index in [0.717, 1.165) is 71.1 Å². The van der Waals surface area contributed by atoms with E-state index >= 15 is 0 Å². The Labute approximate surface area is 213 Å². The summed E-state index contributed by atoms with van der Waals surface area (Å²) in [5.74, 6) is 0.877. The van der Waals surface area contributed by atoms with Gasteiger partial charge in [0, 0.05) is 65.0 Å². The largest absolute Gasteiger partial charge is 0.378 e. The highest BCUT2D eigenvalue weighted by Gasteiger charge is 2.19. The lowest BCUT2D eigenvalue weighted by Gasteiger charge is -2.32. The monoisotopic (exact) mass is 559 g/mol. The van der Waals surface area contributed by atoms with Crippen LogP contribution in [0.2, 0.25) is 0 Å². The van der Waals surface area contributed by atoms with Gasteiger partial charge in [0.25, 0.3) is 0 Å². The van der Waals surface area contributed by atoms with Crippen LogP contribution in [0.4, 0.5) is 0 Å². The Hall–Kier alpha value is -0.900. The smallest absolute Gasteiger partial charge is 0.191 e. The van der Waals surface area contributed by atoms with Crippen LogP contribution in [-0.4, -0.2) is 80.3 Å². The van der Waals surface area contributed by atoms with E-state index in [1.807, 2.05) is 7.05 Å². The fourth-order valence-electron chi connectivity index (χ4n) is 4.24. The van der Waals surface area contributed by atoms with Gasteiger partial charge in [-0.15, -0.1) is 24.0 Å². The molecule has 2 N–H and O–H groups in total. The normalized spacial score (nSPS) is 15.9. The zero-order valence-corrected chi connectivity index (χ0v) is 23.2. The summed E-state index contributed by atoms with van der Waals surface area (Å²) in [5.41, 5.74) is 1.40. The van der Waals surface area contributed by atoms with Crippen LogP contribution in [-0.2, 0) is 11.3 Å². The lowest BCUT2D eigenvalue weighted by Crippen LogP contribution is -2.45. The van der Waals surface area contributed by atoms with E-state index in [9.17, 15) is 0 Å². The third kappa shape index (κ3) is 11.3. The van der Waals surface area contributed by atoms with Gasteiger partial charge in [0.1, 0.15) is 0 Å². The van der Waals surface area contributed by atoms with E-state index in [0.29, 0.717) is 18.2 Å². The van der Waals surface area contributed by atoms with Crippen molar-refractivity contribution in [2.45, 2.75) is 71.7 Å². The molecule has 1 heterocycles. The first kappa shape index (κ1) is 29.1. The maximum absolute atomic E-state index is 6.13. The number of rotatable bonds is 12. The number of benzene rings is 1. The summed E-state index contributed by atoms with van der Waals surface area (Å²) >= 11 is 0. The van der Waals surface area contributed by atoms with Gasteiger partial charge in [0.2, 0.25) is 0 Å². The molecule has 0 bridgehead atoms. The summed E-state index contributed by atoms with van der Waals surface area (Å²) in [7, 11) is 1.83. The van der Waals surface area contributed by atoms with Gasteiger partial charge in [-0.25, -0.2) is 0 Å². The summed E-state index contributed by atoms with van der Waals surface area (Å²) in [6.45, 7) is 15.9. The summed E-state index contributed by atoms with van der Waals surface area (Å²) < 4.78 is 6.13. The van der Waals surface area contributed by atoms with Crippen molar-refractivity contribution in [3.8, 4) is 0 Å². The average Bonchev–Trinajstić information content (AvgIpc) is 2.76. The zero-order valence-electron chi connectivity index (χ0n) is 20.8. The number of ether oxygens (including phenoxy) is 1. The van der Waals surface area contributed by atoms with Crippen LogP contribution in [0.25, 0.3) is 0 Å². The molecule has 0 saturated carbocycles. The Bertz CT molecular complexity index is 610. The Morgan fingerprint density at radius 2 is 1.69 bits per heavy atom. The Morgan fingerprint density at radius 1 is 1.06 bits per heavy atom. The Morgan fingerprint density at radius 3 is 2.28 bits per heavy atom. The predicted octanol–water partition coefficient (Wildman–Crippen LogP) is 3.96. The minimum Gasteiger partial charge on any atom is -0.378 e. The fraction of sp³-hybridized carbons (Fsp3) is 0.720. The minimum absolute atomic E-state index is 0. The van der Waals surface area contributed by atoms with Crippen LogP contribution < -0.4 is 10.6 Å². The lowest BCUT2D eigenvalue weighted by atomic mass is 10.1. The van der Waals surface area contributed by atoms with E-state index in [1.54, 1.807) is 0 Å². The van der Waals surface area contributed by atoms with Crippen molar-refractivity contribution in [3.63, 3.8) is 0 Å². The van der Waals surface area contributed by atoms with Crippen LogP contribution in [0.5, 0.6) is 0 Å². The van der Waals surface area contributed by atoms with E-state index < -0.39 is 0 Å². The van der Waals surface area contributed by atoms with Gasteiger partial charge in [0.05, 0.1) is 6.10 Å². The van der Waals surface area contributed by atoms with Crippen LogP contribution in [0, 0.1) is 0 Å². The van der Waals surface area contributed by atoms with Crippen molar-refractivity contribution >= 4 is 29.9 Å². The molecule has 0 aromatic heterocycles. The maximum atomic E-state index is 6.13. The summed E-state index contributed by atoms with van der Waals surface area (Å²) in [6.07, 6.45) is 3.66. The van der Waals surface area contributed by atoms with Crippen LogP contribution in [0.15, 0.2) is 35.3 Å². The molecule has 184 valence electrons. The molecule has 1 saturated heterocycles. The van der Waals surface area contributed by atoms with Crippen molar-refractivity contribution in [3.05, 3.63) is 35.9 Å². The Kier molecular flexibility index (Phi) is 15.2. The molecule has 7 heteroatoms. The Balaban J connectivity index is 0.00000512. The minimum atomic E-state index is 0. The second-order valence-electron chi connectivity index (χ2n) is 9.04. The molecule has 0 aliphatic carbocycles. The van der Waals surface area contributed by atoms with Gasteiger partial charge >= 0.3 is 0 Å². The molecule has 1 fully saturated rings. The van der Waals surface area contributed by atoms with Crippen LogP contribution in [0.1, 0.15) is 52.5 Å². The molecule has 1 aromatic carbocycles. The quantitative estimate of drug-likeness (QED) is 0.176. The van der Waals surface area contributed by atoms with Gasteiger partial charge in [-0.3, -0.25) is 14.8 Å². The van der Waals surface area contributed by atoms with E-state index in [4.69, 9.17) is 4.74 Å². The standard InChI is InChI=1S/C25H45N5O.HI/c1-21(2)30(22(3)4)18-15-28-25(26-5)27-14-9-19-31-24-12-16-29(17-13-24)20-23-10-7-6-8-11-23;/h6-8,10-11,21-22,24H,9,12-20H2,1-5H3,(H2,26,27,28);1H. The molecule has 1 aliphatic heterocycles. The highest BCUT2D eigenvalue weighted by atomic mass is 127. The molecule has 0 amide bonds. The highest BCUT2D eigenvalue weighted by Crippen LogP contribution is 2.16. The van der Waals surface area contributed by atoms with E-state index in [1.165, 1.54) is 5.56 Å². The molecule has 1 aliphatic rings. The summed E-state index contributed by atoms with van der Waals surface area (Å²) in [5, 5.41) is 6.83. The van der Waals surface area contributed by atoms with Gasteiger partial charge in [-0.1, -0.05) is 30.3 Å². The lowest BCUT2D eigenvalue weighted by molar-refractivity contribution is 0.00534. The number of hydrogen-bond donors (Lipinski definition) is 2. The molecule has 0 unspecified atom stereocenters. The molecule has 32 heavy (non-hydrogen) atoms. The fourth-order valence-corrected chi connectivity index (χ4v) is 4.24. The predicted molar refractivity (Wildman–Crippen MR) is 147 cm³/mol. The number of aliphatic imine (C=N–C) groups is 1. The molecular weight excluding hydrogens is 513 g/mol. The van der Waals surface area contributed by atoms with Crippen molar-refractivity contribution < 1.29 is 4.74 Å².